The van der Waals surface area contributed by atoms with Crippen molar-refractivity contribution in [2.75, 3.05) is 0 Å². The van der Waals surface area contributed by atoms with E-state index in [1.807, 2.05) is 0 Å². The van der Waals surface area contributed by atoms with Crippen LogP contribution in [-0.2, 0) is 4.79 Å². The largest absolute Gasteiger partial charge is 0.369 e. The van der Waals surface area contributed by atoms with Crippen molar-refractivity contribution in [1.29, 1.82) is 0 Å². The Balaban J connectivity index is 0.00000196. The number of carbonyl (C=O) groups is 1. The van der Waals surface area contributed by atoms with E-state index in [4.69, 9.17) is 5.73 Å². The zero-order chi connectivity index (χ0) is 10.4. The fraction of sp³-hybridized carbons (Fsp3) is 0.917. The van der Waals surface area contributed by atoms with Gasteiger partial charge in [-0.25, -0.2) is 0 Å². The number of halogens is 1. The summed E-state index contributed by atoms with van der Waals surface area (Å²) < 4.78 is 0. The predicted octanol–water partition coefficient (Wildman–Crippen LogP) is 3.28. The summed E-state index contributed by atoms with van der Waals surface area (Å²) in [7, 11) is 0. The highest BCUT2D eigenvalue weighted by Crippen LogP contribution is 2.31. The molecule has 0 atom stereocenters. The highest BCUT2D eigenvalue weighted by Gasteiger charge is 2.23. The zero-order valence-electron chi connectivity index (χ0n) is 9.71. The molecular formula is C12H24ClNO. The Labute approximate surface area is 99.4 Å². The van der Waals surface area contributed by atoms with Gasteiger partial charge in [-0.2, -0.15) is 0 Å². The average molecular weight is 234 g/mol. The van der Waals surface area contributed by atoms with Gasteiger partial charge in [-0.1, -0.05) is 32.6 Å². The van der Waals surface area contributed by atoms with Crippen LogP contribution in [0, 0.1) is 11.8 Å². The lowest BCUT2D eigenvalue weighted by Gasteiger charge is -2.26. The van der Waals surface area contributed by atoms with Gasteiger partial charge in [0.1, 0.15) is 0 Å². The summed E-state index contributed by atoms with van der Waals surface area (Å²) in [6.07, 6.45) is 9.89. The summed E-state index contributed by atoms with van der Waals surface area (Å²) in [4.78, 5) is 10.9. The number of unbranched alkanes of at least 4 members (excludes halogenated alkanes) is 2. The molecule has 0 aliphatic heterocycles. The molecule has 1 saturated carbocycles. The first-order chi connectivity index (χ1) is 6.74. The summed E-state index contributed by atoms with van der Waals surface area (Å²) in [5.74, 6) is 0.964. The fourth-order valence-electron chi connectivity index (χ4n) is 2.42. The molecule has 0 aromatic carbocycles. The van der Waals surface area contributed by atoms with Gasteiger partial charge in [-0.15, -0.1) is 12.4 Å². The summed E-state index contributed by atoms with van der Waals surface area (Å²) in [5.41, 5.74) is 5.30. The van der Waals surface area contributed by atoms with Crippen LogP contribution in [0.1, 0.15) is 58.3 Å². The van der Waals surface area contributed by atoms with E-state index in [0.717, 1.165) is 18.8 Å². The van der Waals surface area contributed by atoms with Gasteiger partial charge < -0.3 is 5.73 Å². The van der Waals surface area contributed by atoms with Crippen LogP contribution in [-0.4, -0.2) is 5.91 Å². The molecule has 3 heteroatoms. The first-order valence-corrected chi connectivity index (χ1v) is 6.03. The summed E-state index contributed by atoms with van der Waals surface area (Å²) >= 11 is 0. The minimum atomic E-state index is -0.0861. The summed E-state index contributed by atoms with van der Waals surface area (Å²) in [5, 5.41) is 0. The molecule has 0 heterocycles. The average Bonchev–Trinajstić information content (AvgIpc) is 2.19. The lowest BCUT2D eigenvalue weighted by molar-refractivity contribution is -0.122. The second-order valence-corrected chi connectivity index (χ2v) is 4.62. The number of nitrogens with two attached hydrogens (primary N) is 1. The number of rotatable bonds is 5. The van der Waals surface area contributed by atoms with Gasteiger partial charge in [-0.3, -0.25) is 4.79 Å². The Kier molecular flexibility index (Phi) is 7.85. The predicted molar refractivity (Wildman–Crippen MR) is 66.0 cm³/mol. The lowest BCUT2D eigenvalue weighted by Crippen LogP contribution is -2.27. The van der Waals surface area contributed by atoms with Gasteiger partial charge in [0.2, 0.25) is 5.91 Å². The number of primary amides is 1. The highest BCUT2D eigenvalue weighted by molar-refractivity contribution is 5.85. The first kappa shape index (κ1) is 14.8. The van der Waals surface area contributed by atoms with Crippen LogP contribution < -0.4 is 5.73 Å². The van der Waals surface area contributed by atoms with Crippen molar-refractivity contribution in [1.82, 2.24) is 0 Å². The van der Waals surface area contributed by atoms with Gasteiger partial charge in [0.15, 0.2) is 0 Å². The number of carbonyl (C=O) groups excluding carboxylic acids is 1. The van der Waals surface area contributed by atoms with Gasteiger partial charge in [0.05, 0.1) is 0 Å². The molecule has 2 nitrogen and oxygen atoms in total. The maximum atomic E-state index is 10.9. The van der Waals surface area contributed by atoms with Crippen LogP contribution in [0.4, 0.5) is 0 Å². The number of hydrogen-bond acceptors (Lipinski definition) is 1. The van der Waals surface area contributed by atoms with Crippen LogP contribution in [0.3, 0.4) is 0 Å². The minimum Gasteiger partial charge on any atom is -0.369 e. The van der Waals surface area contributed by atoms with E-state index in [1.54, 1.807) is 0 Å². The van der Waals surface area contributed by atoms with E-state index in [9.17, 15) is 4.79 Å². The Morgan fingerprint density at radius 2 is 1.80 bits per heavy atom. The molecule has 0 spiro atoms. The van der Waals surface area contributed by atoms with Crippen molar-refractivity contribution in [2.45, 2.75) is 58.3 Å². The van der Waals surface area contributed by atoms with E-state index in [-0.39, 0.29) is 24.2 Å². The lowest BCUT2D eigenvalue weighted by atomic mass is 9.79. The molecule has 0 unspecified atom stereocenters. The molecule has 15 heavy (non-hydrogen) atoms. The highest BCUT2D eigenvalue weighted by atomic mass is 35.5. The number of amides is 1. The van der Waals surface area contributed by atoms with Crippen molar-refractivity contribution in [3.05, 3.63) is 0 Å². The van der Waals surface area contributed by atoms with Crippen LogP contribution in [0.2, 0.25) is 0 Å². The van der Waals surface area contributed by atoms with Gasteiger partial charge in [0, 0.05) is 5.92 Å². The third-order valence-corrected chi connectivity index (χ3v) is 3.47. The van der Waals surface area contributed by atoms with E-state index < -0.39 is 0 Å². The molecule has 1 fully saturated rings. The van der Waals surface area contributed by atoms with Crippen molar-refractivity contribution < 1.29 is 4.79 Å². The molecule has 0 radical (unpaired) electrons. The SMILES string of the molecule is CCCCCC1CCC(C(N)=O)CC1.Cl. The molecule has 0 saturated heterocycles. The molecule has 2 N–H and O–H groups in total. The fourth-order valence-corrected chi connectivity index (χ4v) is 2.42. The molecule has 0 aromatic rings. The number of hydrogen-bond donors (Lipinski definition) is 1. The maximum Gasteiger partial charge on any atom is 0.220 e. The van der Waals surface area contributed by atoms with Crippen molar-refractivity contribution in [3.8, 4) is 0 Å². The third kappa shape index (κ3) is 5.41. The molecule has 1 aliphatic carbocycles. The smallest absolute Gasteiger partial charge is 0.220 e. The summed E-state index contributed by atoms with van der Waals surface area (Å²) in [6.45, 7) is 2.24. The van der Waals surface area contributed by atoms with Crippen molar-refractivity contribution >= 4 is 18.3 Å². The minimum absolute atomic E-state index is 0. The standard InChI is InChI=1S/C12H23NO.ClH/c1-2-3-4-5-10-6-8-11(9-7-10)12(13)14;/h10-11H,2-9H2,1H3,(H2,13,14);1H. The second kappa shape index (κ2) is 7.98. The van der Waals surface area contributed by atoms with E-state index >= 15 is 0 Å². The molecule has 0 aromatic heterocycles. The zero-order valence-corrected chi connectivity index (χ0v) is 10.5. The maximum absolute atomic E-state index is 10.9. The molecular weight excluding hydrogens is 210 g/mol. The quantitative estimate of drug-likeness (QED) is 0.728. The van der Waals surface area contributed by atoms with Gasteiger partial charge in [-0.05, 0) is 31.6 Å². The Morgan fingerprint density at radius 1 is 1.20 bits per heavy atom. The normalized spacial score (nSPS) is 25.7. The van der Waals surface area contributed by atoms with Gasteiger partial charge in [0.25, 0.3) is 0 Å². The molecule has 1 amide bonds. The first-order valence-electron chi connectivity index (χ1n) is 6.03. The molecule has 90 valence electrons. The second-order valence-electron chi connectivity index (χ2n) is 4.62. The molecule has 1 aliphatic rings. The Hall–Kier alpha value is -0.240. The van der Waals surface area contributed by atoms with E-state index in [0.29, 0.717) is 0 Å². The van der Waals surface area contributed by atoms with E-state index in [2.05, 4.69) is 6.92 Å². The summed E-state index contributed by atoms with van der Waals surface area (Å²) in [6, 6.07) is 0. The Bertz CT molecular complexity index is 176. The van der Waals surface area contributed by atoms with Crippen LogP contribution in [0.5, 0.6) is 0 Å². The monoisotopic (exact) mass is 233 g/mol. The Morgan fingerprint density at radius 3 is 2.27 bits per heavy atom. The van der Waals surface area contributed by atoms with E-state index in [1.165, 1.54) is 38.5 Å². The topological polar surface area (TPSA) is 43.1 Å². The molecule has 0 bridgehead atoms. The third-order valence-electron chi connectivity index (χ3n) is 3.47. The van der Waals surface area contributed by atoms with Gasteiger partial charge >= 0.3 is 0 Å². The van der Waals surface area contributed by atoms with Crippen molar-refractivity contribution in [2.24, 2.45) is 17.6 Å². The van der Waals surface area contributed by atoms with Crippen LogP contribution in [0.15, 0.2) is 0 Å². The van der Waals surface area contributed by atoms with Crippen LogP contribution in [0.25, 0.3) is 0 Å². The molecule has 1 rings (SSSR count). The van der Waals surface area contributed by atoms with Crippen LogP contribution >= 0.6 is 12.4 Å². The van der Waals surface area contributed by atoms with Crippen molar-refractivity contribution in [3.63, 3.8) is 0 Å².